The van der Waals surface area contributed by atoms with Gasteiger partial charge in [0, 0.05) is 23.8 Å². The number of nitro groups is 1. The van der Waals surface area contributed by atoms with Crippen LogP contribution in [0.1, 0.15) is 16.7 Å². The summed E-state index contributed by atoms with van der Waals surface area (Å²) in [6.07, 6.45) is 6.55. The van der Waals surface area contributed by atoms with E-state index >= 15 is 0 Å². The first-order valence-electron chi connectivity index (χ1n) is 4.96. The van der Waals surface area contributed by atoms with Crippen LogP contribution in [0.3, 0.4) is 0 Å². The van der Waals surface area contributed by atoms with Crippen LogP contribution in [0, 0.1) is 21.4 Å². The van der Waals surface area contributed by atoms with Gasteiger partial charge in [-0.05, 0) is 17.2 Å². The van der Waals surface area contributed by atoms with Gasteiger partial charge in [-0.1, -0.05) is 23.5 Å². The molecule has 0 N–H and O–H groups in total. The van der Waals surface area contributed by atoms with Crippen molar-refractivity contribution in [2.24, 2.45) is 0 Å². The molecule has 0 atom stereocenters. The number of nitriles is 1. The quantitative estimate of drug-likeness (QED) is 0.625. The topological polar surface area (TPSA) is 79.8 Å². The van der Waals surface area contributed by atoms with Crippen LogP contribution in [0.5, 0.6) is 0 Å². The Morgan fingerprint density at radius 3 is 3.00 bits per heavy atom. The predicted octanol–water partition coefficient (Wildman–Crippen LogP) is 3.09. The van der Waals surface area contributed by atoms with E-state index in [1.54, 1.807) is 29.8 Å². The summed E-state index contributed by atoms with van der Waals surface area (Å²) in [6, 6.07) is 5.25. The van der Waals surface area contributed by atoms with E-state index in [1.807, 2.05) is 6.07 Å². The molecule has 0 amide bonds. The highest BCUT2D eigenvalue weighted by atomic mass is 32.1. The number of hydrogen-bond donors (Lipinski definition) is 0. The van der Waals surface area contributed by atoms with Gasteiger partial charge < -0.3 is 0 Å². The first-order valence-corrected chi connectivity index (χ1v) is 5.84. The Morgan fingerprint density at radius 2 is 2.33 bits per heavy atom. The summed E-state index contributed by atoms with van der Waals surface area (Å²) in [5.74, 6) is 0. The zero-order valence-electron chi connectivity index (χ0n) is 9.11. The van der Waals surface area contributed by atoms with Crippen molar-refractivity contribution in [1.29, 1.82) is 5.26 Å². The maximum Gasteiger partial charge on any atom is 0.324 e. The minimum Gasteiger partial charge on any atom is -0.263 e. The molecule has 0 spiro atoms. The minimum atomic E-state index is -0.421. The minimum absolute atomic E-state index is 0.102. The molecule has 6 heteroatoms. The third kappa shape index (κ3) is 2.59. The maximum absolute atomic E-state index is 10.5. The third-order valence-corrected chi connectivity index (χ3v) is 3.11. The van der Waals surface area contributed by atoms with Crippen LogP contribution < -0.4 is 0 Å². The fraction of sp³-hybridized carbons (Fsp3) is 0. The van der Waals surface area contributed by atoms with Gasteiger partial charge in [0.2, 0.25) is 0 Å². The lowest BCUT2D eigenvalue weighted by Crippen LogP contribution is -1.83. The van der Waals surface area contributed by atoms with Crippen molar-refractivity contribution in [3.63, 3.8) is 0 Å². The van der Waals surface area contributed by atoms with Crippen LogP contribution in [-0.2, 0) is 0 Å². The average molecular weight is 257 g/mol. The Labute approximate surface area is 107 Å². The molecule has 2 heterocycles. The molecule has 0 unspecified atom stereocenters. The second kappa shape index (κ2) is 5.21. The largest absolute Gasteiger partial charge is 0.324 e. The van der Waals surface area contributed by atoms with Crippen LogP contribution in [0.4, 0.5) is 5.00 Å². The zero-order valence-corrected chi connectivity index (χ0v) is 9.92. The predicted molar refractivity (Wildman–Crippen MR) is 68.9 cm³/mol. The van der Waals surface area contributed by atoms with Crippen LogP contribution in [-0.4, -0.2) is 9.91 Å². The van der Waals surface area contributed by atoms with Gasteiger partial charge in [-0.2, -0.15) is 5.26 Å². The van der Waals surface area contributed by atoms with Crippen molar-refractivity contribution in [1.82, 2.24) is 4.98 Å². The molecule has 0 bridgehead atoms. The Balaban J connectivity index is 2.25. The normalized spacial score (nSPS) is 10.4. The number of hydrogen-bond acceptors (Lipinski definition) is 5. The van der Waals surface area contributed by atoms with Gasteiger partial charge in [-0.25, -0.2) is 0 Å². The van der Waals surface area contributed by atoms with Crippen molar-refractivity contribution < 1.29 is 4.92 Å². The van der Waals surface area contributed by atoms with Gasteiger partial charge in [0.05, 0.1) is 10.5 Å². The number of pyridine rings is 1. The Morgan fingerprint density at radius 1 is 1.50 bits per heavy atom. The van der Waals surface area contributed by atoms with Crippen molar-refractivity contribution >= 4 is 28.5 Å². The van der Waals surface area contributed by atoms with E-state index in [-0.39, 0.29) is 5.00 Å². The van der Waals surface area contributed by atoms with Crippen molar-refractivity contribution in [2.45, 2.75) is 0 Å². The second-order valence-corrected chi connectivity index (χ2v) is 4.27. The molecule has 2 aromatic rings. The second-order valence-electron chi connectivity index (χ2n) is 3.38. The highest BCUT2D eigenvalue weighted by Gasteiger charge is 2.07. The number of aromatic nitrogens is 1. The zero-order chi connectivity index (χ0) is 13.0. The standard InChI is InChI=1S/C12H7N3O2S/c13-6-11-7-14-4-3-10(11)2-1-9-5-12(15(16)17)18-8-9/h1-5,7-8H/b2-1+. The smallest absolute Gasteiger partial charge is 0.263 e. The lowest BCUT2D eigenvalue weighted by atomic mass is 10.1. The van der Waals surface area contributed by atoms with E-state index in [9.17, 15) is 10.1 Å². The first kappa shape index (κ1) is 12.0. The number of rotatable bonds is 3. The van der Waals surface area contributed by atoms with Crippen LogP contribution in [0.25, 0.3) is 12.2 Å². The molecular weight excluding hydrogens is 250 g/mol. The Bertz CT molecular complexity index is 655. The van der Waals surface area contributed by atoms with Gasteiger partial charge in [-0.15, -0.1) is 0 Å². The number of nitrogens with zero attached hydrogens (tertiary/aromatic N) is 3. The first-order chi connectivity index (χ1) is 8.70. The van der Waals surface area contributed by atoms with E-state index in [0.717, 1.165) is 22.5 Å². The van der Waals surface area contributed by atoms with Crippen molar-refractivity contribution in [2.75, 3.05) is 0 Å². The summed E-state index contributed by atoms with van der Waals surface area (Å²) in [7, 11) is 0. The summed E-state index contributed by atoms with van der Waals surface area (Å²) in [6.45, 7) is 0. The third-order valence-electron chi connectivity index (χ3n) is 2.22. The fourth-order valence-electron chi connectivity index (χ4n) is 1.35. The molecule has 5 nitrogen and oxygen atoms in total. The van der Waals surface area contributed by atoms with Crippen LogP contribution in [0.2, 0.25) is 0 Å². The van der Waals surface area contributed by atoms with Gasteiger partial charge in [0.15, 0.2) is 0 Å². The Kier molecular flexibility index (Phi) is 3.46. The summed E-state index contributed by atoms with van der Waals surface area (Å²) < 4.78 is 0. The van der Waals surface area contributed by atoms with Crippen LogP contribution in [0.15, 0.2) is 29.9 Å². The molecule has 0 aliphatic heterocycles. The molecular formula is C12H7N3O2S. The Hall–Kier alpha value is -2.52. The maximum atomic E-state index is 10.5. The van der Waals surface area contributed by atoms with Gasteiger partial charge >= 0.3 is 5.00 Å². The molecule has 18 heavy (non-hydrogen) atoms. The molecule has 0 radical (unpaired) electrons. The number of thiophene rings is 1. The van der Waals surface area contributed by atoms with Crippen molar-refractivity contribution in [3.05, 3.63) is 56.7 Å². The highest BCUT2D eigenvalue weighted by Crippen LogP contribution is 2.24. The molecule has 88 valence electrons. The lowest BCUT2D eigenvalue weighted by Gasteiger charge is -1.94. The van der Waals surface area contributed by atoms with E-state index < -0.39 is 4.92 Å². The monoisotopic (exact) mass is 257 g/mol. The van der Waals surface area contributed by atoms with E-state index in [2.05, 4.69) is 4.98 Å². The van der Waals surface area contributed by atoms with Crippen LogP contribution >= 0.6 is 11.3 Å². The molecule has 0 aromatic carbocycles. The van der Waals surface area contributed by atoms with Crippen molar-refractivity contribution in [3.8, 4) is 6.07 Å². The summed E-state index contributed by atoms with van der Waals surface area (Å²) in [4.78, 5) is 14.0. The molecule has 2 aromatic heterocycles. The summed E-state index contributed by atoms with van der Waals surface area (Å²) >= 11 is 1.08. The van der Waals surface area contributed by atoms with E-state index in [0.29, 0.717) is 5.56 Å². The molecule has 0 aliphatic rings. The van der Waals surface area contributed by atoms with Gasteiger partial charge in [0.1, 0.15) is 6.07 Å². The average Bonchev–Trinajstić information content (AvgIpc) is 2.85. The van der Waals surface area contributed by atoms with E-state index in [4.69, 9.17) is 5.26 Å². The molecule has 0 saturated carbocycles. The summed E-state index contributed by atoms with van der Waals surface area (Å²) in [5.41, 5.74) is 1.95. The van der Waals surface area contributed by atoms with Gasteiger partial charge in [-0.3, -0.25) is 15.1 Å². The SMILES string of the molecule is N#Cc1cnccc1/C=C/c1csc([N+](=O)[O-])c1. The summed E-state index contributed by atoms with van der Waals surface area (Å²) in [5, 5.41) is 21.2. The van der Waals surface area contributed by atoms with Gasteiger partial charge in [0.25, 0.3) is 0 Å². The molecule has 2 rings (SSSR count). The highest BCUT2D eigenvalue weighted by molar-refractivity contribution is 7.13. The fourth-order valence-corrected chi connectivity index (χ4v) is 2.05. The molecule has 0 fully saturated rings. The molecule has 0 aliphatic carbocycles. The molecule has 0 saturated heterocycles. The lowest BCUT2D eigenvalue weighted by molar-refractivity contribution is -0.380. The van der Waals surface area contributed by atoms with E-state index in [1.165, 1.54) is 12.3 Å².